The predicted octanol–water partition coefficient (Wildman–Crippen LogP) is 3.16. The van der Waals surface area contributed by atoms with Crippen LogP contribution in [0.15, 0.2) is 47.4 Å². The molecule has 0 unspecified atom stereocenters. The Morgan fingerprint density at radius 2 is 1.73 bits per heavy atom. The summed E-state index contributed by atoms with van der Waals surface area (Å²) < 4.78 is 26.8. The van der Waals surface area contributed by atoms with Gasteiger partial charge in [0.15, 0.2) is 5.78 Å². The molecule has 138 valence electrons. The number of ketones is 1. The Morgan fingerprint density at radius 1 is 1.08 bits per heavy atom. The first-order chi connectivity index (χ1) is 12.2. The molecule has 0 radical (unpaired) electrons. The number of sulfonamides is 1. The molecule has 0 spiro atoms. The number of halogens is 1. The molecular weight excluding hydrogens is 376 g/mol. The van der Waals surface area contributed by atoms with E-state index >= 15 is 0 Å². The van der Waals surface area contributed by atoms with E-state index in [1.807, 2.05) is 6.92 Å². The molecule has 0 bridgehead atoms. The van der Waals surface area contributed by atoms with Crippen LogP contribution in [0.1, 0.15) is 29.3 Å². The van der Waals surface area contributed by atoms with Gasteiger partial charge in [0.2, 0.25) is 15.9 Å². The third kappa shape index (κ3) is 5.39. The van der Waals surface area contributed by atoms with Gasteiger partial charge in [-0.1, -0.05) is 23.7 Å². The van der Waals surface area contributed by atoms with Crippen LogP contribution < -0.4 is 10.0 Å². The summed E-state index contributed by atoms with van der Waals surface area (Å²) in [6.45, 7) is 3.17. The van der Waals surface area contributed by atoms with E-state index in [0.717, 1.165) is 5.56 Å². The SMILES string of the molecule is CC(=O)c1ccc(S(=O)(=O)NCCC(=O)Nc2ccc(Cl)cc2C)cc1. The quantitative estimate of drug-likeness (QED) is 0.705. The molecule has 2 aromatic carbocycles. The maximum absolute atomic E-state index is 12.2. The molecule has 0 aromatic heterocycles. The van der Waals surface area contributed by atoms with Gasteiger partial charge >= 0.3 is 0 Å². The van der Waals surface area contributed by atoms with Crippen LogP contribution in [-0.4, -0.2) is 26.7 Å². The maximum Gasteiger partial charge on any atom is 0.240 e. The Labute approximate surface area is 157 Å². The number of hydrogen-bond acceptors (Lipinski definition) is 4. The number of rotatable bonds is 7. The highest BCUT2D eigenvalue weighted by atomic mass is 35.5. The minimum atomic E-state index is -3.74. The molecule has 2 N–H and O–H groups in total. The zero-order valence-electron chi connectivity index (χ0n) is 14.4. The average Bonchev–Trinajstić information content (AvgIpc) is 2.57. The van der Waals surface area contributed by atoms with Crippen molar-refractivity contribution >= 4 is 39.0 Å². The van der Waals surface area contributed by atoms with Gasteiger partial charge in [0.05, 0.1) is 4.90 Å². The summed E-state index contributed by atoms with van der Waals surface area (Å²) in [4.78, 5) is 23.2. The predicted molar refractivity (Wildman–Crippen MR) is 101 cm³/mol. The van der Waals surface area contributed by atoms with E-state index in [-0.39, 0.29) is 29.6 Å². The Balaban J connectivity index is 1.91. The van der Waals surface area contributed by atoms with Crippen LogP contribution in [0.5, 0.6) is 0 Å². The molecule has 0 atom stereocenters. The van der Waals surface area contributed by atoms with Crippen molar-refractivity contribution in [2.45, 2.75) is 25.2 Å². The molecule has 2 aromatic rings. The largest absolute Gasteiger partial charge is 0.326 e. The number of carbonyl (C=O) groups is 2. The lowest BCUT2D eigenvalue weighted by Crippen LogP contribution is -2.28. The molecule has 0 saturated heterocycles. The first-order valence-corrected chi connectivity index (χ1v) is 9.72. The molecule has 1 amide bonds. The number of nitrogens with one attached hydrogen (secondary N) is 2. The number of anilines is 1. The molecule has 0 aliphatic heterocycles. The third-order valence-electron chi connectivity index (χ3n) is 3.68. The van der Waals surface area contributed by atoms with E-state index in [1.54, 1.807) is 18.2 Å². The number of aryl methyl sites for hydroxylation is 1. The van der Waals surface area contributed by atoms with Gasteiger partial charge in [-0.2, -0.15) is 0 Å². The van der Waals surface area contributed by atoms with Crippen LogP contribution in [0.25, 0.3) is 0 Å². The van der Waals surface area contributed by atoms with E-state index in [2.05, 4.69) is 10.0 Å². The highest BCUT2D eigenvalue weighted by molar-refractivity contribution is 7.89. The zero-order chi connectivity index (χ0) is 19.3. The van der Waals surface area contributed by atoms with Gasteiger partial charge in [0.1, 0.15) is 0 Å². The van der Waals surface area contributed by atoms with Crippen LogP contribution >= 0.6 is 11.6 Å². The van der Waals surface area contributed by atoms with E-state index in [9.17, 15) is 18.0 Å². The van der Waals surface area contributed by atoms with E-state index in [4.69, 9.17) is 11.6 Å². The minimum Gasteiger partial charge on any atom is -0.326 e. The van der Waals surface area contributed by atoms with Gasteiger partial charge in [-0.15, -0.1) is 0 Å². The van der Waals surface area contributed by atoms with Crippen LogP contribution in [0, 0.1) is 6.92 Å². The molecule has 0 aliphatic carbocycles. The Hall–Kier alpha value is -2.22. The molecule has 0 saturated carbocycles. The summed E-state index contributed by atoms with van der Waals surface area (Å²) in [6, 6.07) is 10.7. The first kappa shape index (κ1) is 20.1. The fourth-order valence-electron chi connectivity index (χ4n) is 2.23. The van der Waals surface area contributed by atoms with Crippen molar-refractivity contribution in [2.75, 3.05) is 11.9 Å². The maximum atomic E-state index is 12.2. The number of benzene rings is 2. The van der Waals surface area contributed by atoms with Crippen molar-refractivity contribution in [1.29, 1.82) is 0 Å². The Kier molecular flexibility index (Phi) is 6.52. The highest BCUT2D eigenvalue weighted by Gasteiger charge is 2.15. The van der Waals surface area contributed by atoms with Crippen molar-refractivity contribution in [3.8, 4) is 0 Å². The van der Waals surface area contributed by atoms with E-state index < -0.39 is 10.0 Å². The van der Waals surface area contributed by atoms with Crippen molar-refractivity contribution in [1.82, 2.24) is 4.72 Å². The molecule has 26 heavy (non-hydrogen) atoms. The average molecular weight is 395 g/mol. The second-order valence-electron chi connectivity index (χ2n) is 5.74. The Morgan fingerprint density at radius 3 is 2.31 bits per heavy atom. The summed E-state index contributed by atoms with van der Waals surface area (Å²) in [5.41, 5.74) is 1.88. The fraction of sp³-hybridized carbons (Fsp3) is 0.222. The fourth-order valence-corrected chi connectivity index (χ4v) is 3.49. The molecule has 8 heteroatoms. The lowest BCUT2D eigenvalue weighted by Gasteiger charge is -2.10. The molecule has 2 rings (SSSR count). The second-order valence-corrected chi connectivity index (χ2v) is 7.94. The number of carbonyl (C=O) groups excluding carboxylic acids is 2. The Bertz CT molecular complexity index is 925. The van der Waals surface area contributed by atoms with Crippen LogP contribution in [0.2, 0.25) is 5.02 Å². The first-order valence-electron chi connectivity index (χ1n) is 7.86. The molecular formula is C18H19ClN2O4S. The van der Waals surface area contributed by atoms with Gasteiger partial charge in [-0.25, -0.2) is 13.1 Å². The van der Waals surface area contributed by atoms with Crippen molar-refractivity contribution < 1.29 is 18.0 Å². The smallest absolute Gasteiger partial charge is 0.240 e. The highest BCUT2D eigenvalue weighted by Crippen LogP contribution is 2.19. The molecule has 6 nitrogen and oxygen atoms in total. The van der Waals surface area contributed by atoms with Crippen LogP contribution in [0.3, 0.4) is 0 Å². The monoisotopic (exact) mass is 394 g/mol. The van der Waals surface area contributed by atoms with Gasteiger partial charge in [-0.3, -0.25) is 9.59 Å². The molecule has 0 heterocycles. The van der Waals surface area contributed by atoms with Gasteiger partial charge in [-0.05, 0) is 49.7 Å². The third-order valence-corrected chi connectivity index (χ3v) is 5.39. The van der Waals surface area contributed by atoms with Crippen LogP contribution in [0.4, 0.5) is 5.69 Å². The van der Waals surface area contributed by atoms with Gasteiger partial charge < -0.3 is 5.32 Å². The second kappa shape index (κ2) is 8.44. The van der Waals surface area contributed by atoms with Crippen LogP contribution in [-0.2, 0) is 14.8 Å². The normalized spacial score (nSPS) is 11.2. The standard InChI is InChI=1S/C18H19ClN2O4S/c1-12-11-15(19)5-8-17(12)21-18(23)9-10-20-26(24,25)16-6-3-14(4-7-16)13(2)22/h3-8,11,20H,9-10H2,1-2H3,(H,21,23). The molecule has 0 aliphatic rings. The van der Waals surface area contributed by atoms with Crippen molar-refractivity contribution in [3.63, 3.8) is 0 Å². The minimum absolute atomic E-state index is 0.0210. The zero-order valence-corrected chi connectivity index (χ0v) is 15.9. The lowest BCUT2D eigenvalue weighted by molar-refractivity contribution is -0.116. The summed E-state index contributed by atoms with van der Waals surface area (Å²) in [5.74, 6) is -0.457. The number of amides is 1. The molecule has 0 fully saturated rings. The topological polar surface area (TPSA) is 92.3 Å². The summed E-state index contributed by atoms with van der Waals surface area (Å²) >= 11 is 5.86. The van der Waals surface area contributed by atoms with E-state index in [0.29, 0.717) is 16.3 Å². The van der Waals surface area contributed by atoms with E-state index in [1.165, 1.54) is 31.2 Å². The lowest BCUT2D eigenvalue weighted by atomic mass is 10.2. The van der Waals surface area contributed by atoms with Gasteiger partial charge in [0.25, 0.3) is 0 Å². The van der Waals surface area contributed by atoms with Gasteiger partial charge in [0, 0.05) is 29.2 Å². The summed E-state index contributed by atoms with van der Waals surface area (Å²) in [6.07, 6.45) is -0.0210. The number of Topliss-reactive ketones (excluding diaryl/α,β-unsaturated/α-hetero) is 1. The number of hydrogen-bond donors (Lipinski definition) is 2. The summed E-state index contributed by atoms with van der Waals surface area (Å²) in [5, 5.41) is 3.29. The van der Waals surface area contributed by atoms with Crippen molar-refractivity contribution in [3.05, 3.63) is 58.6 Å². The van der Waals surface area contributed by atoms with Crippen molar-refractivity contribution in [2.24, 2.45) is 0 Å². The summed E-state index contributed by atoms with van der Waals surface area (Å²) in [7, 11) is -3.74.